The summed E-state index contributed by atoms with van der Waals surface area (Å²) in [5.74, 6) is 0. The highest BCUT2D eigenvalue weighted by Crippen LogP contribution is 2.20. The van der Waals surface area contributed by atoms with E-state index < -0.39 is 0 Å². The molecular weight excluding hydrogens is 396 g/mol. The van der Waals surface area contributed by atoms with Gasteiger partial charge in [0.1, 0.15) is 0 Å². The fourth-order valence-electron chi connectivity index (χ4n) is 4.99. The molecule has 0 aliphatic rings. The molecule has 0 heteroatoms. The minimum atomic E-state index is 1.25. The normalized spacial score (nSPS) is 11.6. The van der Waals surface area contributed by atoms with Crippen LogP contribution in [0.5, 0.6) is 0 Å². The first-order valence-corrected chi connectivity index (χ1v) is 15.1. The lowest BCUT2D eigenvalue weighted by molar-refractivity contribution is 0.555. The van der Waals surface area contributed by atoms with E-state index in [0.29, 0.717) is 0 Å². The van der Waals surface area contributed by atoms with Crippen LogP contribution in [0.15, 0.2) is 24.3 Å². The highest BCUT2D eigenvalue weighted by atomic mass is 14.1. The third-order valence-electron chi connectivity index (χ3n) is 7.17. The first-order valence-electron chi connectivity index (χ1n) is 15.1. The van der Waals surface area contributed by atoms with Gasteiger partial charge in [0.05, 0.1) is 0 Å². The lowest BCUT2D eigenvalue weighted by Gasteiger charge is -2.10. The van der Waals surface area contributed by atoms with E-state index in [1.807, 2.05) is 0 Å². The molecule has 0 bridgehead atoms. The second-order valence-corrected chi connectivity index (χ2v) is 10.4. The quantitative estimate of drug-likeness (QED) is 0.144. The summed E-state index contributed by atoms with van der Waals surface area (Å²) in [6, 6.07) is 7.28. The van der Waals surface area contributed by atoms with E-state index in [1.54, 1.807) is 11.1 Å². The van der Waals surface area contributed by atoms with Crippen LogP contribution in [0.25, 0.3) is 6.08 Å². The van der Waals surface area contributed by atoms with E-state index in [1.165, 1.54) is 147 Å². The van der Waals surface area contributed by atoms with Gasteiger partial charge in [-0.15, -0.1) is 0 Å². The standard InChI is InChI=1S/C33H58/c1-4-7-9-11-13-15-17-19-21-23-26-31-28-29-32(25-6-3)33(30-31)27-24-22-20-18-16-14-12-10-8-5-2/h6,25,28-30H,4-5,7-24,26-27H2,1-3H3. The largest absolute Gasteiger partial charge is 0.0871 e. The van der Waals surface area contributed by atoms with Crippen molar-refractivity contribution in [3.8, 4) is 0 Å². The Labute approximate surface area is 209 Å². The molecule has 1 aromatic carbocycles. The molecule has 0 aromatic heterocycles. The molecule has 0 aliphatic carbocycles. The second-order valence-electron chi connectivity index (χ2n) is 10.4. The molecule has 0 nitrogen and oxygen atoms in total. The van der Waals surface area contributed by atoms with Crippen molar-refractivity contribution in [2.24, 2.45) is 0 Å². The van der Waals surface area contributed by atoms with Crippen molar-refractivity contribution in [2.75, 3.05) is 0 Å². The summed E-state index contributed by atoms with van der Waals surface area (Å²) in [5, 5.41) is 0. The van der Waals surface area contributed by atoms with Crippen LogP contribution in [0, 0.1) is 0 Å². The second kappa shape index (κ2) is 22.7. The number of hydrogen-bond acceptors (Lipinski definition) is 0. The Balaban J connectivity index is 2.21. The van der Waals surface area contributed by atoms with E-state index in [9.17, 15) is 0 Å². The van der Waals surface area contributed by atoms with E-state index in [-0.39, 0.29) is 0 Å². The Morgan fingerprint density at radius 1 is 0.515 bits per heavy atom. The highest BCUT2D eigenvalue weighted by Gasteiger charge is 2.03. The summed E-state index contributed by atoms with van der Waals surface area (Å²) in [6.07, 6.45) is 35.4. The number of benzene rings is 1. The first-order chi connectivity index (χ1) is 16.3. The molecule has 0 saturated carbocycles. The van der Waals surface area contributed by atoms with Gasteiger partial charge in [0.15, 0.2) is 0 Å². The Hall–Kier alpha value is -1.04. The van der Waals surface area contributed by atoms with Crippen LogP contribution in [-0.2, 0) is 12.8 Å². The summed E-state index contributed by atoms with van der Waals surface area (Å²) in [5.41, 5.74) is 4.59. The number of aryl methyl sites for hydroxylation is 2. The molecule has 0 atom stereocenters. The minimum absolute atomic E-state index is 1.25. The zero-order chi connectivity index (χ0) is 23.8. The average Bonchev–Trinajstić information content (AvgIpc) is 2.83. The average molecular weight is 455 g/mol. The molecule has 1 aromatic rings. The van der Waals surface area contributed by atoms with Gasteiger partial charge in [0.2, 0.25) is 0 Å². The summed E-state index contributed by atoms with van der Waals surface area (Å²) in [6.45, 7) is 6.74. The van der Waals surface area contributed by atoms with Crippen LogP contribution in [0.1, 0.15) is 166 Å². The molecule has 0 fully saturated rings. The number of hydrogen-bond donors (Lipinski definition) is 0. The molecule has 0 unspecified atom stereocenters. The monoisotopic (exact) mass is 454 g/mol. The Morgan fingerprint density at radius 2 is 0.939 bits per heavy atom. The van der Waals surface area contributed by atoms with Crippen LogP contribution in [-0.4, -0.2) is 0 Å². The Kier molecular flexibility index (Phi) is 20.7. The van der Waals surface area contributed by atoms with Gasteiger partial charge in [-0.05, 0) is 49.3 Å². The molecule has 0 radical (unpaired) electrons. The third kappa shape index (κ3) is 17.1. The van der Waals surface area contributed by atoms with E-state index >= 15 is 0 Å². The van der Waals surface area contributed by atoms with Crippen molar-refractivity contribution >= 4 is 6.08 Å². The SMILES string of the molecule is CC=Cc1ccc(CCCCCCCCCCCC)cc1CCCCCCCCCCCC. The fraction of sp³-hybridized carbons (Fsp3) is 0.758. The van der Waals surface area contributed by atoms with Gasteiger partial charge in [-0.3, -0.25) is 0 Å². The maximum atomic E-state index is 2.52. The van der Waals surface area contributed by atoms with E-state index in [4.69, 9.17) is 0 Å². The zero-order valence-electron chi connectivity index (χ0n) is 22.9. The van der Waals surface area contributed by atoms with E-state index in [2.05, 4.69) is 51.1 Å². The molecule has 0 N–H and O–H groups in total. The summed E-state index contributed by atoms with van der Waals surface area (Å²) >= 11 is 0. The lowest BCUT2D eigenvalue weighted by atomic mass is 9.95. The summed E-state index contributed by atoms with van der Waals surface area (Å²) in [4.78, 5) is 0. The van der Waals surface area contributed by atoms with Gasteiger partial charge >= 0.3 is 0 Å². The number of rotatable bonds is 23. The van der Waals surface area contributed by atoms with Gasteiger partial charge < -0.3 is 0 Å². The molecule has 0 amide bonds. The van der Waals surface area contributed by atoms with Crippen LogP contribution < -0.4 is 0 Å². The predicted octanol–water partition coefficient (Wildman–Crippen LogP) is 11.6. The van der Waals surface area contributed by atoms with Gasteiger partial charge in [-0.25, -0.2) is 0 Å². The molecule has 0 aliphatic heterocycles. The fourth-order valence-corrected chi connectivity index (χ4v) is 4.99. The molecule has 0 spiro atoms. The topological polar surface area (TPSA) is 0 Å². The molecule has 1 rings (SSSR count). The van der Waals surface area contributed by atoms with Crippen molar-refractivity contribution in [1.82, 2.24) is 0 Å². The van der Waals surface area contributed by atoms with Gasteiger partial charge in [-0.2, -0.15) is 0 Å². The summed E-state index contributed by atoms with van der Waals surface area (Å²) < 4.78 is 0. The van der Waals surface area contributed by atoms with Gasteiger partial charge in [0.25, 0.3) is 0 Å². The number of unbranched alkanes of at least 4 members (excludes halogenated alkanes) is 18. The third-order valence-corrected chi connectivity index (χ3v) is 7.17. The lowest BCUT2D eigenvalue weighted by Crippen LogP contribution is -1.95. The summed E-state index contributed by atoms with van der Waals surface area (Å²) in [7, 11) is 0. The van der Waals surface area contributed by atoms with Crippen molar-refractivity contribution in [1.29, 1.82) is 0 Å². The van der Waals surface area contributed by atoms with Crippen molar-refractivity contribution in [3.63, 3.8) is 0 Å². The minimum Gasteiger partial charge on any atom is -0.0871 e. The molecule has 190 valence electrons. The van der Waals surface area contributed by atoms with Crippen LogP contribution in [0.2, 0.25) is 0 Å². The van der Waals surface area contributed by atoms with Crippen molar-refractivity contribution in [2.45, 2.75) is 162 Å². The van der Waals surface area contributed by atoms with Crippen LogP contribution in [0.3, 0.4) is 0 Å². The molecule has 0 saturated heterocycles. The Morgan fingerprint density at radius 3 is 1.39 bits per heavy atom. The zero-order valence-corrected chi connectivity index (χ0v) is 22.9. The molecule has 33 heavy (non-hydrogen) atoms. The maximum absolute atomic E-state index is 2.52. The maximum Gasteiger partial charge on any atom is -0.0228 e. The Bertz CT molecular complexity index is 567. The van der Waals surface area contributed by atoms with Crippen molar-refractivity contribution < 1.29 is 0 Å². The molecule has 0 heterocycles. The number of allylic oxidation sites excluding steroid dienone is 1. The van der Waals surface area contributed by atoms with Crippen molar-refractivity contribution in [3.05, 3.63) is 41.0 Å². The predicted molar refractivity (Wildman–Crippen MR) is 152 cm³/mol. The first kappa shape index (κ1) is 30.0. The van der Waals surface area contributed by atoms with Crippen LogP contribution >= 0.6 is 0 Å². The van der Waals surface area contributed by atoms with E-state index in [0.717, 1.165) is 0 Å². The smallest absolute Gasteiger partial charge is 0.0228 e. The highest BCUT2D eigenvalue weighted by molar-refractivity contribution is 5.54. The van der Waals surface area contributed by atoms with Gasteiger partial charge in [-0.1, -0.05) is 160 Å². The van der Waals surface area contributed by atoms with Crippen LogP contribution in [0.4, 0.5) is 0 Å². The molecular formula is C33H58. The van der Waals surface area contributed by atoms with Gasteiger partial charge in [0, 0.05) is 0 Å².